The van der Waals surface area contributed by atoms with E-state index < -0.39 is 0 Å². The van der Waals surface area contributed by atoms with Crippen LogP contribution >= 0.6 is 0 Å². The number of anilines is 1. The smallest absolute Gasteiger partial charge is 0.277 e. The normalized spacial score (nSPS) is 16.8. The highest BCUT2D eigenvalue weighted by Gasteiger charge is 2.34. The molecule has 2 amide bonds. The number of hydrogen-bond donors (Lipinski definition) is 1. The van der Waals surface area contributed by atoms with Crippen LogP contribution in [0.15, 0.2) is 41.2 Å². The van der Waals surface area contributed by atoms with Gasteiger partial charge in [-0.15, -0.1) is 0 Å². The highest BCUT2D eigenvalue weighted by molar-refractivity contribution is 6.02. The van der Waals surface area contributed by atoms with Crippen LogP contribution in [-0.4, -0.2) is 43.2 Å². The van der Waals surface area contributed by atoms with E-state index in [4.69, 9.17) is 4.52 Å². The van der Waals surface area contributed by atoms with Crippen molar-refractivity contribution >= 4 is 17.5 Å². The molecule has 1 saturated heterocycles. The van der Waals surface area contributed by atoms with Gasteiger partial charge >= 0.3 is 0 Å². The molecule has 0 spiro atoms. The van der Waals surface area contributed by atoms with Crippen LogP contribution in [0.4, 0.5) is 5.69 Å². The number of hydrogen-bond acceptors (Lipinski definition) is 6. The zero-order valence-electron chi connectivity index (χ0n) is 18.8. The van der Waals surface area contributed by atoms with Gasteiger partial charge in [-0.25, -0.2) is 0 Å². The minimum Gasteiger partial charge on any atom is -0.358 e. The van der Waals surface area contributed by atoms with Crippen molar-refractivity contribution in [2.24, 2.45) is 7.05 Å². The Labute approximate surface area is 186 Å². The number of rotatable bonds is 4. The number of aromatic nitrogens is 4. The van der Waals surface area contributed by atoms with Gasteiger partial charge in [0.25, 0.3) is 11.8 Å². The number of amides is 2. The summed E-state index contributed by atoms with van der Waals surface area (Å²) in [6.45, 7) is 6.82. The summed E-state index contributed by atoms with van der Waals surface area (Å²) in [6, 6.07) is 6.60. The van der Waals surface area contributed by atoms with Gasteiger partial charge in [-0.1, -0.05) is 25.9 Å². The quantitative estimate of drug-likeness (QED) is 0.668. The summed E-state index contributed by atoms with van der Waals surface area (Å²) < 4.78 is 7.17. The number of piperidine rings is 1. The van der Waals surface area contributed by atoms with Crippen molar-refractivity contribution in [3.8, 4) is 0 Å². The molecule has 9 nitrogen and oxygen atoms in total. The molecule has 3 aromatic heterocycles. The Kier molecular flexibility index (Phi) is 5.82. The van der Waals surface area contributed by atoms with Crippen LogP contribution in [0.2, 0.25) is 0 Å². The van der Waals surface area contributed by atoms with Gasteiger partial charge in [0.2, 0.25) is 0 Å². The van der Waals surface area contributed by atoms with Gasteiger partial charge in [-0.3, -0.25) is 19.3 Å². The van der Waals surface area contributed by atoms with Crippen molar-refractivity contribution < 1.29 is 14.1 Å². The number of carbonyl (C=O) groups excluding carboxylic acids is 2. The van der Waals surface area contributed by atoms with E-state index in [0.717, 1.165) is 25.0 Å². The number of likely N-dealkylation sites (tertiary alicyclic amines) is 1. The van der Waals surface area contributed by atoms with E-state index in [0.29, 0.717) is 23.7 Å². The third kappa shape index (κ3) is 4.42. The predicted molar refractivity (Wildman–Crippen MR) is 118 cm³/mol. The molecule has 0 aromatic carbocycles. The summed E-state index contributed by atoms with van der Waals surface area (Å²) in [4.78, 5) is 31.7. The predicted octanol–water partition coefficient (Wildman–Crippen LogP) is 3.72. The molecule has 0 saturated carbocycles. The van der Waals surface area contributed by atoms with Crippen LogP contribution in [0, 0.1) is 0 Å². The van der Waals surface area contributed by atoms with E-state index in [1.165, 1.54) is 0 Å². The van der Waals surface area contributed by atoms with Gasteiger partial charge in [0, 0.05) is 43.2 Å². The molecule has 1 N–H and O–H groups in total. The zero-order chi connectivity index (χ0) is 22.9. The van der Waals surface area contributed by atoms with Crippen molar-refractivity contribution in [1.82, 2.24) is 24.8 Å². The maximum absolute atomic E-state index is 13.4. The van der Waals surface area contributed by atoms with E-state index in [1.807, 2.05) is 6.07 Å². The SMILES string of the molecule is Cn1nc(C(C)(C)C)cc1C(=O)N1CCCCC1c1cc(C(=O)Nc2ccncc2)no1. The second-order valence-corrected chi connectivity index (χ2v) is 9.10. The molecule has 4 heterocycles. The summed E-state index contributed by atoms with van der Waals surface area (Å²) in [6.07, 6.45) is 5.82. The van der Waals surface area contributed by atoms with E-state index in [9.17, 15) is 9.59 Å². The molecule has 1 aliphatic rings. The maximum Gasteiger partial charge on any atom is 0.277 e. The third-order valence-electron chi connectivity index (χ3n) is 5.66. The van der Waals surface area contributed by atoms with Crippen molar-refractivity contribution in [1.29, 1.82) is 0 Å². The second-order valence-electron chi connectivity index (χ2n) is 9.10. The fourth-order valence-electron chi connectivity index (χ4n) is 3.84. The van der Waals surface area contributed by atoms with Gasteiger partial charge in [0.15, 0.2) is 11.5 Å². The summed E-state index contributed by atoms with van der Waals surface area (Å²) in [7, 11) is 1.79. The second kappa shape index (κ2) is 8.57. The Hall–Kier alpha value is -3.49. The van der Waals surface area contributed by atoms with Gasteiger partial charge in [0.05, 0.1) is 11.7 Å². The van der Waals surface area contributed by atoms with Crippen molar-refractivity contribution in [2.45, 2.75) is 51.5 Å². The van der Waals surface area contributed by atoms with Crippen LogP contribution in [0.1, 0.15) is 78.5 Å². The molecule has 0 aliphatic carbocycles. The summed E-state index contributed by atoms with van der Waals surface area (Å²) >= 11 is 0. The Bertz CT molecular complexity index is 1110. The fraction of sp³-hybridized carbons (Fsp3) is 0.435. The van der Waals surface area contributed by atoms with Crippen molar-refractivity contribution in [3.05, 3.63) is 59.5 Å². The molecule has 0 radical (unpaired) electrons. The first-order chi connectivity index (χ1) is 15.2. The molecular formula is C23H28N6O3. The van der Waals surface area contributed by atoms with Gasteiger partial charge in [-0.2, -0.15) is 5.10 Å². The fourth-order valence-corrected chi connectivity index (χ4v) is 3.84. The number of carbonyl (C=O) groups is 2. The van der Waals surface area contributed by atoms with Crippen LogP contribution in [-0.2, 0) is 12.5 Å². The standard InChI is InChI=1S/C23H28N6O3/c1-23(2,3)20-14-18(28(4)26-20)22(31)29-12-6-5-7-17(29)19-13-16(27-32-19)21(30)25-15-8-10-24-11-9-15/h8-11,13-14,17H,5-7,12H2,1-4H3,(H,24,25,30). The molecule has 1 unspecified atom stereocenters. The van der Waals surface area contributed by atoms with Crippen LogP contribution in [0.5, 0.6) is 0 Å². The Morgan fingerprint density at radius 1 is 1.16 bits per heavy atom. The van der Waals surface area contributed by atoms with Crippen molar-refractivity contribution in [2.75, 3.05) is 11.9 Å². The minimum absolute atomic E-state index is 0.0978. The van der Waals surface area contributed by atoms with E-state index in [-0.39, 0.29) is 29.0 Å². The lowest BCUT2D eigenvalue weighted by Gasteiger charge is -2.34. The van der Waals surface area contributed by atoms with Gasteiger partial charge < -0.3 is 14.7 Å². The average Bonchev–Trinajstić information content (AvgIpc) is 3.41. The molecule has 9 heteroatoms. The average molecular weight is 437 g/mol. The van der Waals surface area contributed by atoms with Crippen LogP contribution in [0.3, 0.4) is 0 Å². The Balaban J connectivity index is 1.55. The summed E-state index contributed by atoms with van der Waals surface area (Å²) in [5, 5.41) is 11.3. The topological polar surface area (TPSA) is 106 Å². The van der Waals surface area contributed by atoms with E-state index in [2.05, 4.69) is 41.3 Å². The van der Waals surface area contributed by atoms with Crippen LogP contribution < -0.4 is 5.32 Å². The number of pyridine rings is 1. The van der Waals surface area contributed by atoms with Crippen LogP contribution in [0.25, 0.3) is 0 Å². The number of aryl methyl sites for hydroxylation is 1. The first-order valence-corrected chi connectivity index (χ1v) is 10.8. The Morgan fingerprint density at radius 3 is 2.59 bits per heavy atom. The molecule has 3 aromatic rings. The first-order valence-electron chi connectivity index (χ1n) is 10.8. The lowest BCUT2D eigenvalue weighted by molar-refractivity contribution is 0.0558. The summed E-state index contributed by atoms with van der Waals surface area (Å²) in [5.41, 5.74) is 2.04. The van der Waals surface area contributed by atoms with Gasteiger partial charge in [-0.05, 0) is 37.5 Å². The molecule has 1 fully saturated rings. The molecule has 0 bridgehead atoms. The lowest BCUT2D eigenvalue weighted by atomic mass is 9.92. The number of nitrogens with zero attached hydrogens (tertiary/aromatic N) is 5. The Morgan fingerprint density at radius 2 is 1.91 bits per heavy atom. The molecule has 4 rings (SSSR count). The number of nitrogens with one attached hydrogen (secondary N) is 1. The molecule has 1 atom stereocenters. The largest absolute Gasteiger partial charge is 0.358 e. The van der Waals surface area contributed by atoms with Crippen molar-refractivity contribution in [3.63, 3.8) is 0 Å². The molecule has 1 aliphatic heterocycles. The maximum atomic E-state index is 13.4. The highest BCUT2D eigenvalue weighted by Crippen LogP contribution is 2.33. The third-order valence-corrected chi connectivity index (χ3v) is 5.66. The molecular weight excluding hydrogens is 408 g/mol. The molecule has 168 valence electrons. The van der Waals surface area contributed by atoms with E-state index in [1.54, 1.807) is 47.2 Å². The highest BCUT2D eigenvalue weighted by atomic mass is 16.5. The minimum atomic E-state index is -0.374. The monoisotopic (exact) mass is 436 g/mol. The first kappa shape index (κ1) is 21.7. The van der Waals surface area contributed by atoms with Gasteiger partial charge in [0.1, 0.15) is 5.69 Å². The lowest BCUT2D eigenvalue weighted by Crippen LogP contribution is -2.39. The van der Waals surface area contributed by atoms with E-state index >= 15 is 0 Å². The summed E-state index contributed by atoms with van der Waals surface area (Å²) in [5.74, 6) is 0.0388. The molecule has 32 heavy (non-hydrogen) atoms. The zero-order valence-corrected chi connectivity index (χ0v) is 18.8.